The second kappa shape index (κ2) is 69.5. The molecule has 0 aromatic carbocycles. The molecule has 19 heteroatoms. The van der Waals surface area contributed by atoms with Gasteiger partial charge in [-0.15, -0.1) is 0 Å². The van der Waals surface area contributed by atoms with Crippen molar-refractivity contribution in [3.8, 4) is 0 Å². The Morgan fingerprint density at radius 2 is 0.542 bits per heavy atom. The number of ether oxygens (including phenoxy) is 4. The molecule has 17 nitrogen and oxygen atoms in total. The lowest BCUT2D eigenvalue weighted by Crippen LogP contribution is -2.30. The molecule has 0 aromatic rings. The molecule has 96 heavy (non-hydrogen) atoms. The van der Waals surface area contributed by atoms with E-state index < -0.39 is 97.5 Å². The summed E-state index contributed by atoms with van der Waals surface area (Å²) in [6.45, 7) is 4.62. The van der Waals surface area contributed by atoms with Crippen LogP contribution in [0.15, 0.2) is 97.2 Å². The van der Waals surface area contributed by atoms with E-state index in [1.807, 2.05) is 0 Å². The summed E-state index contributed by atoms with van der Waals surface area (Å²) in [6.07, 6.45) is 71.2. The predicted molar refractivity (Wildman–Crippen MR) is 390 cm³/mol. The molecule has 0 aliphatic heterocycles. The first-order valence-corrected chi connectivity index (χ1v) is 40.5. The van der Waals surface area contributed by atoms with E-state index in [1.54, 1.807) is 0 Å². The number of aliphatic hydroxyl groups is 1. The van der Waals surface area contributed by atoms with Crippen molar-refractivity contribution in [3.63, 3.8) is 0 Å². The number of carbonyl (C=O) groups excluding carboxylic acids is 4. The summed E-state index contributed by atoms with van der Waals surface area (Å²) >= 11 is 0. The average Bonchev–Trinajstić information content (AvgIpc) is 1.22. The van der Waals surface area contributed by atoms with Gasteiger partial charge in [0.15, 0.2) is 12.2 Å². The molecule has 3 N–H and O–H groups in total. The van der Waals surface area contributed by atoms with E-state index in [4.69, 9.17) is 37.0 Å². The molecule has 0 aliphatic carbocycles. The van der Waals surface area contributed by atoms with Crippen LogP contribution in [0.3, 0.4) is 0 Å². The van der Waals surface area contributed by atoms with Crippen molar-refractivity contribution in [2.45, 2.75) is 329 Å². The van der Waals surface area contributed by atoms with Gasteiger partial charge in [-0.25, -0.2) is 9.13 Å². The quantitative estimate of drug-likeness (QED) is 0.0169. The van der Waals surface area contributed by atoms with Crippen molar-refractivity contribution in [2.75, 3.05) is 39.6 Å². The second-order valence-corrected chi connectivity index (χ2v) is 27.8. The van der Waals surface area contributed by atoms with E-state index in [2.05, 4.69) is 125 Å². The van der Waals surface area contributed by atoms with Crippen LogP contribution in [0.1, 0.15) is 310 Å². The molecule has 0 aliphatic rings. The van der Waals surface area contributed by atoms with Crippen molar-refractivity contribution in [2.24, 2.45) is 0 Å². The Morgan fingerprint density at radius 1 is 0.292 bits per heavy atom. The first kappa shape index (κ1) is 92.0. The maximum absolute atomic E-state index is 13.1. The fraction of sp³-hybridized carbons (Fsp3) is 0.740. The lowest BCUT2D eigenvalue weighted by atomic mass is 10.1. The molecule has 0 heterocycles. The van der Waals surface area contributed by atoms with Crippen molar-refractivity contribution < 1.29 is 80.2 Å². The van der Waals surface area contributed by atoms with Gasteiger partial charge in [-0.2, -0.15) is 0 Å². The van der Waals surface area contributed by atoms with E-state index in [0.717, 1.165) is 199 Å². The molecule has 0 aromatic heterocycles. The third kappa shape index (κ3) is 68.5. The zero-order chi connectivity index (χ0) is 70.4. The van der Waals surface area contributed by atoms with E-state index in [0.29, 0.717) is 25.7 Å². The fourth-order valence-electron chi connectivity index (χ4n) is 9.69. The normalized spacial score (nSPS) is 14.5. The van der Waals surface area contributed by atoms with E-state index in [-0.39, 0.29) is 25.7 Å². The standard InChI is InChI=1S/C77H134O17P2/c1-5-9-13-17-21-25-29-32-33-34-35-36-37-40-43-46-50-54-58-62-75(80)88-68-73(94-77(82)64-60-56-52-48-44-39-31-27-23-19-15-11-7-3)70-92-96(85,86)90-66-71(78)65-89-95(83,84)91-69-72(93-76(81)63-59-55-51-47-41-28-24-20-16-12-8-4)67-87-74(79)61-57-53-49-45-42-38-30-26-22-18-14-10-6-2/h14-15,18-21,24-27,30-33,35-36,71-73,78H,5-13,16-17,22-23,28-29,34,37-70H2,1-4H3,(H,83,84)(H,85,86)/b18-14-,19-15-,24-20-,25-21-,30-26-,31-27-,33-32-,36-35-. The van der Waals surface area contributed by atoms with Gasteiger partial charge in [0.05, 0.1) is 26.4 Å². The Balaban J connectivity index is 5.32. The number of allylic oxidation sites excluding steroid dienone is 16. The van der Waals surface area contributed by atoms with Gasteiger partial charge in [-0.3, -0.25) is 37.3 Å². The van der Waals surface area contributed by atoms with Crippen molar-refractivity contribution in [1.29, 1.82) is 0 Å². The summed E-state index contributed by atoms with van der Waals surface area (Å²) in [5.41, 5.74) is 0. The number of phosphoric ester groups is 2. The first-order valence-electron chi connectivity index (χ1n) is 37.5. The van der Waals surface area contributed by atoms with Crippen LogP contribution in [0.2, 0.25) is 0 Å². The topological polar surface area (TPSA) is 237 Å². The minimum absolute atomic E-state index is 0.0752. The number of phosphoric acid groups is 2. The average molecular weight is 1390 g/mol. The van der Waals surface area contributed by atoms with Crippen LogP contribution in [-0.4, -0.2) is 96.7 Å². The number of unbranched alkanes of at least 4 members (excludes halogenated alkanes) is 28. The highest BCUT2D eigenvalue weighted by Gasteiger charge is 2.30. The van der Waals surface area contributed by atoms with Crippen molar-refractivity contribution >= 4 is 39.5 Å². The van der Waals surface area contributed by atoms with Crippen molar-refractivity contribution in [3.05, 3.63) is 97.2 Å². The Kier molecular flexibility index (Phi) is 66.6. The van der Waals surface area contributed by atoms with Gasteiger partial charge in [-0.05, 0) is 135 Å². The summed E-state index contributed by atoms with van der Waals surface area (Å²) in [4.78, 5) is 72.7. The molecule has 0 rings (SSSR count). The molecule has 0 amide bonds. The summed E-state index contributed by atoms with van der Waals surface area (Å²) in [5.74, 6) is -2.22. The minimum Gasteiger partial charge on any atom is -0.462 e. The van der Waals surface area contributed by atoms with Gasteiger partial charge in [0, 0.05) is 25.7 Å². The third-order valence-corrected chi connectivity index (χ3v) is 17.4. The van der Waals surface area contributed by atoms with Crippen LogP contribution in [0, 0.1) is 0 Å². The molecular weight excluding hydrogens is 1260 g/mol. The molecule has 5 atom stereocenters. The lowest BCUT2D eigenvalue weighted by molar-refractivity contribution is -0.161. The van der Waals surface area contributed by atoms with Crippen molar-refractivity contribution in [1.82, 2.24) is 0 Å². The Bertz CT molecular complexity index is 2200. The molecule has 0 spiro atoms. The molecule has 5 unspecified atom stereocenters. The van der Waals surface area contributed by atoms with Gasteiger partial charge >= 0.3 is 39.5 Å². The lowest BCUT2D eigenvalue weighted by Gasteiger charge is -2.21. The largest absolute Gasteiger partial charge is 0.472 e. The highest BCUT2D eigenvalue weighted by Crippen LogP contribution is 2.45. The van der Waals surface area contributed by atoms with Crippen LogP contribution < -0.4 is 0 Å². The van der Waals surface area contributed by atoms with Gasteiger partial charge < -0.3 is 33.8 Å². The highest BCUT2D eigenvalue weighted by molar-refractivity contribution is 7.47. The Labute approximate surface area is 582 Å². The molecule has 0 bridgehead atoms. The maximum Gasteiger partial charge on any atom is 0.472 e. The predicted octanol–water partition coefficient (Wildman–Crippen LogP) is 21.2. The van der Waals surface area contributed by atoms with Gasteiger partial charge in [0.2, 0.25) is 0 Å². The maximum atomic E-state index is 13.1. The van der Waals surface area contributed by atoms with E-state index in [9.17, 15) is 43.2 Å². The van der Waals surface area contributed by atoms with E-state index in [1.165, 1.54) is 32.1 Å². The second-order valence-electron chi connectivity index (χ2n) is 24.9. The fourth-order valence-corrected chi connectivity index (χ4v) is 11.3. The van der Waals surface area contributed by atoms with Gasteiger partial charge in [0.1, 0.15) is 19.3 Å². The van der Waals surface area contributed by atoms with Crippen LogP contribution in [0.4, 0.5) is 0 Å². The van der Waals surface area contributed by atoms with Gasteiger partial charge in [-0.1, -0.05) is 247 Å². The number of aliphatic hydroxyl groups excluding tert-OH is 1. The third-order valence-electron chi connectivity index (χ3n) is 15.5. The van der Waals surface area contributed by atoms with E-state index >= 15 is 0 Å². The molecule has 0 fully saturated rings. The summed E-state index contributed by atoms with van der Waals surface area (Å²) in [5, 5.41) is 10.6. The minimum atomic E-state index is -4.98. The number of hydrogen-bond acceptors (Lipinski definition) is 15. The van der Waals surface area contributed by atoms with Crippen LogP contribution in [0.5, 0.6) is 0 Å². The van der Waals surface area contributed by atoms with Crippen LogP contribution >= 0.6 is 15.6 Å². The Hall–Kier alpha value is -4.02. The number of esters is 4. The monoisotopic (exact) mass is 1390 g/mol. The highest BCUT2D eigenvalue weighted by atomic mass is 31.2. The Morgan fingerprint density at radius 3 is 0.865 bits per heavy atom. The molecular formula is C77H134O17P2. The molecule has 554 valence electrons. The van der Waals surface area contributed by atoms with Crippen LogP contribution in [-0.2, 0) is 65.4 Å². The summed E-state index contributed by atoms with van der Waals surface area (Å²) in [6, 6.07) is 0. The summed E-state index contributed by atoms with van der Waals surface area (Å²) in [7, 11) is -9.95. The number of carbonyl (C=O) groups is 4. The first-order chi connectivity index (χ1) is 46.7. The molecule has 0 saturated heterocycles. The smallest absolute Gasteiger partial charge is 0.462 e. The number of rotatable bonds is 70. The zero-order valence-electron chi connectivity index (χ0n) is 60.3. The zero-order valence-corrected chi connectivity index (χ0v) is 62.1. The molecule has 0 radical (unpaired) electrons. The number of hydrogen-bond donors (Lipinski definition) is 3. The van der Waals surface area contributed by atoms with Gasteiger partial charge in [0.25, 0.3) is 0 Å². The molecule has 0 saturated carbocycles. The SMILES string of the molecule is CCC/C=C\C/C=C\CCCCCCCC(=O)OCC(COP(=O)(O)OCC(O)COP(=O)(O)OCC(COC(=O)CCCCCCCC/C=C\C/C=C\C/C=C\CCCCC)OC(=O)CCCCCCC/C=C\C/C=C\CCC)OC(=O)CCCCCCC/C=C\CCCC. The summed E-state index contributed by atoms with van der Waals surface area (Å²) < 4.78 is 68.3. The van der Waals surface area contributed by atoms with Crippen LogP contribution in [0.25, 0.3) is 0 Å².